The van der Waals surface area contributed by atoms with Gasteiger partial charge in [0.25, 0.3) is 0 Å². The van der Waals surface area contributed by atoms with Crippen LogP contribution in [0.4, 0.5) is 0 Å². The first-order valence-corrected chi connectivity index (χ1v) is 6.66. The molecule has 1 aromatic carbocycles. The summed E-state index contributed by atoms with van der Waals surface area (Å²) in [7, 11) is 0. The van der Waals surface area contributed by atoms with Crippen LogP contribution in [0.15, 0.2) is 30.3 Å². The molecular formula is C15H20O5. The van der Waals surface area contributed by atoms with Crippen molar-refractivity contribution in [3.05, 3.63) is 35.9 Å². The number of aliphatic hydroxyl groups excluding tert-OH is 2. The second-order valence-electron chi connectivity index (χ2n) is 5.35. The molecule has 1 saturated heterocycles. The highest BCUT2D eigenvalue weighted by atomic mass is 16.6. The number of carbonyl (C=O) groups excluding carboxylic acids is 1. The molecule has 0 saturated carbocycles. The first-order chi connectivity index (χ1) is 9.45. The Morgan fingerprint density at radius 2 is 2.05 bits per heavy atom. The Balaban J connectivity index is 1.89. The third-order valence-electron chi connectivity index (χ3n) is 3.80. The summed E-state index contributed by atoms with van der Waals surface area (Å²) in [6, 6.07) is 9.55. The molecule has 1 heterocycles. The van der Waals surface area contributed by atoms with Gasteiger partial charge in [0.2, 0.25) is 0 Å². The fourth-order valence-corrected chi connectivity index (χ4v) is 2.29. The van der Waals surface area contributed by atoms with Crippen molar-refractivity contribution < 1.29 is 24.5 Å². The lowest BCUT2D eigenvalue weighted by Crippen LogP contribution is -2.50. The third kappa shape index (κ3) is 2.85. The molecular weight excluding hydrogens is 260 g/mol. The lowest BCUT2D eigenvalue weighted by molar-refractivity contribution is -0.169. The highest BCUT2D eigenvalue weighted by Gasteiger charge is 2.54. The smallest absolute Gasteiger partial charge is 0.312 e. The van der Waals surface area contributed by atoms with E-state index in [0.29, 0.717) is 6.61 Å². The van der Waals surface area contributed by atoms with Gasteiger partial charge in [0.05, 0.1) is 19.1 Å². The zero-order valence-corrected chi connectivity index (χ0v) is 11.7. The van der Waals surface area contributed by atoms with Crippen molar-refractivity contribution >= 4 is 5.97 Å². The molecule has 1 aliphatic rings. The molecule has 110 valence electrons. The van der Waals surface area contributed by atoms with E-state index in [2.05, 4.69) is 0 Å². The molecule has 0 aliphatic carbocycles. The van der Waals surface area contributed by atoms with E-state index in [-0.39, 0.29) is 6.61 Å². The molecule has 2 N–H and O–H groups in total. The first-order valence-electron chi connectivity index (χ1n) is 6.66. The van der Waals surface area contributed by atoms with E-state index in [1.54, 1.807) is 6.92 Å². The molecule has 1 fully saturated rings. The number of hydrogen-bond acceptors (Lipinski definition) is 5. The Kier molecular flexibility index (Phi) is 4.42. The molecule has 2 rings (SSSR count). The number of rotatable bonds is 5. The van der Waals surface area contributed by atoms with Crippen LogP contribution in [0.5, 0.6) is 0 Å². The van der Waals surface area contributed by atoms with Gasteiger partial charge in [-0.05, 0) is 19.4 Å². The number of hydrogen-bond donors (Lipinski definition) is 2. The Labute approximate surface area is 118 Å². The number of benzene rings is 1. The number of cyclic esters (lactones) is 1. The fraction of sp³-hybridized carbons (Fsp3) is 0.533. The summed E-state index contributed by atoms with van der Waals surface area (Å²) in [5.41, 5.74) is -0.324. The van der Waals surface area contributed by atoms with Crippen molar-refractivity contribution in [3.8, 4) is 0 Å². The van der Waals surface area contributed by atoms with Crippen molar-refractivity contribution in [1.82, 2.24) is 0 Å². The van der Waals surface area contributed by atoms with Gasteiger partial charge in [0, 0.05) is 0 Å². The average Bonchev–Trinajstić information content (AvgIpc) is 2.65. The number of ether oxygens (including phenoxy) is 2. The van der Waals surface area contributed by atoms with Crippen molar-refractivity contribution in [3.63, 3.8) is 0 Å². The molecule has 5 heteroatoms. The van der Waals surface area contributed by atoms with E-state index in [4.69, 9.17) is 9.47 Å². The lowest BCUT2D eigenvalue weighted by Gasteiger charge is -2.31. The van der Waals surface area contributed by atoms with E-state index >= 15 is 0 Å². The van der Waals surface area contributed by atoms with Crippen molar-refractivity contribution in [2.45, 2.75) is 38.3 Å². The van der Waals surface area contributed by atoms with E-state index in [9.17, 15) is 15.0 Å². The van der Waals surface area contributed by atoms with Crippen LogP contribution >= 0.6 is 0 Å². The van der Waals surface area contributed by atoms with Gasteiger partial charge < -0.3 is 19.7 Å². The van der Waals surface area contributed by atoms with Gasteiger partial charge in [0.1, 0.15) is 12.2 Å². The molecule has 20 heavy (non-hydrogen) atoms. The normalized spacial score (nSPS) is 31.1. The highest BCUT2D eigenvalue weighted by Crippen LogP contribution is 2.34. The molecule has 0 spiro atoms. The SMILES string of the molecule is C[C@@H]1C(=O)O[C@](C)([C@@H](O)COCc2ccccc2)[C@H]1O. The van der Waals surface area contributed by atoms with Crippen LogP contribution in [0.2, 0.25) is 0 Å². The van der Waals surface area contributed by atoms with Gasteiger partial charge >= 0.3 is 5.97 Å². The minimum Gasteiger partial charge on any atom is -0.453 e. The van der Waals surface area contributed by atoms with Gasteiger partial charge in [-0.3, -0.25) is 4.79 Å². The zero-order chi connectivity index (χ0) is 14.8. The molecule has 1 aliphatic heterocycles. The summed E-state index contributed by atoms with van der Waals surface area (Å²) in [5, 5.41) is 20.1. The van der Waals surface area contributed by atoms with E-state index in [1.807, 2.05) is 30.3 Å². The standard InChI is InChI=1S/C15H20O5/c1-10-13(17)15(2,20-14(10)18)12(16)9-19-8-11-6-4-3-5-7-11/h3-7,10,12-13,16-17H,8-9H2,1-2H3/t10-,12-,13-,15+/m0/s1. The average molecular weight is 280 g/mol. The topological polar surface area (TPSA) is 76.0 Å². The van der Waals surface area contributed by atoms with Gasteiger partial charge in [-0.1, -0.05) is 30.3 Å². The van der Waals surface area contributed by atoms with Crippen LogP contribution in [-0.4, -0.2) is 40.6 Å². The summed E-state index contributed by atoms with van der Waals surface area (Å²) in [6.07, 6.45) is -2.11. The van der Waals surface area contributed by atoms with Crippen molar-refractivity contribution in [2.75, 3.05) is 6.61 Å². The van der Waals surface area contributed by atoms with Crippen LogP contribution in [0.1, 0.15) is 19.4 Å². The maximum atomic E-state index is 11.5. The number of carbonyl (C=O) groups is 1. The van der Waals surface area contributed by atoms with Crippen LogP contribution < -0.4 is 0 Å². The molecule has 0 aromatic heterocycles. The lowest BCUT2D eigenvalue weighted by atomic mass is 9.88. The molecule has 5 nitrogen and oxygen atoms in total. The predicted molar refractivity (Wildman–Crippen MR) is 71.8 cm³/mol. The summed E-state index contributed by atoms with van der Waals surface area (Å²) >= 11 is 0. The first kappa shape index (κ1) is 15.0. The van der Waals surface area contributed by atoms with Gasteiger partial charge in [-0.15, -0.1) is 0 Å². The molecule has 0 radical (unpaired) electrons. The van der Waals surface area contributed by atoms with Crippen LogP contribution in [0.3, 0.4) is 0 Å². The Hall–Kier alpha value is -1.43. The zero-order valence-electron chi connectivity index (χ0n) is 11.7. The van der Waals surface area contributed by atoms with Crippen molar-refractivity contribution in [2.24, 2.45) is 5.92 Å². The maximum Gasteiger partial charge on any atom is 0.312 e. The minimum atomic E-state index is -1.31. The molecule has 0 amide bonds. The van der Waals surface area contributed by atoms with Gasteiger partial charge in [-0.25, -0.2) is 0 Å². The van der Waals surface area contributed by atoms with Crippen LogP contribution in [0.25, 0.3) is 0 Å². The number of aliphatic hydroxyl groups is 2. The maximum absolute atomic E-state index is 11.5. The summed E-state index contributed by atoms with van der Waals surface area (Å²) < 4.78 is 10.5. The molecule has 4 atom stereocenters. The summed E-state index contributed by atoms with van der Waals surface area (Å²) in [6.45, 7) is 3.45. The molecule has 1 aromatic rings. The highest BCUT2D eigenvalue weighted by molar-refractivity contribution is 5.76. The van der Waals surface area contributed by atoms with Crippen molar-refractivity contribution in [1.29, 1.82) is 0 Å². The van der Waals surface area contributed by atoms with Crippen LogP contribution in [0, 0.1) is 5.92 Å². The fourth-order valence-electron chi connectivity index (χ4n) is 2.29. The Morgan fingerprint density at radius 1 is 1.40 bits per heavy atom. The molecule has 0 unspecified atom stereocenters. The second-order valence-corrected chi connectivity index (χ2v) is 5.35. The number of esters is 1. The van der Waals surface area contributed by atoms with E-state index in [1.165, 1.54) is 6.92 Å². The van der Waals surface area contributed by atoms with E-state index in [0.717, 1.165) is 5.56 Å². The quantitative estimate of drug-likeness (QED) is 0.783. The minimum absolute atomic E-state index is 0.0115. The van der Waals surface area contributed by atoms with E-state index < -0.39 is 29.7 Å². The third-order valence-corrected chi connectivity index (χ3v) is 3.80. The predicted octanol–water partition coefficient (Wildman–Crippen LogP) is 0.877. The summed E-state index contributed by atoms with van der Waals surface area (Å²) in [5.74, 6) is -1.13. The van der Waals surface area contributed by atoms with Gasteiger partial charge in [0.15, 0.2) is 5.60 Å². The van der Waals surface area contributed by atoms with Gasteiger partial charge in [-0.2, -0.15) is 0 Å². The molecule has 0 bridgehead atoms. The Morgan fingerprint density at radius 3 is 2.60 bits per heavy atom. The summed E-state index contributed by atoms with van der Waals surface area (Å²) in [4.78, 5) is 11.5. The van der Waals surface area contributed by atoms with Crippen LogP contribution in [-0.2, 0) is 20.9 Å². The second kappa shape index (κ2) is 5.91. The largest absolute Gasteiger partial charge is 0.453 e. The Bertz CT molecular complexity index is 461. The monoisotopic (exact) mass is 280 g/mol.